The van der Waals surface area contributed by atoms with Crippen LogP contribution in [-0.2, 0) is 4.74 Å². The van der Waals surface area contributed by atoms with E-state index in [2.05, 4.69) is 16.9 Å². The molecule has 0 spiro atoms. The summed E-state index contributed by atoms with van der Waals surface area (Å²) < 4.78 is 5.59. The molecule has 5 nitrogen and oxygen atoms in total. The molecule has 0 radical (unpaired) electrons. The van der Waals surface area contributed by atoms with E-state index in [-0.39, 0.29) is 11.4 Å². The van der Waals surface area contributed by atoms with Gasteiger partial charge in [0.05, 0.1) is 25.1 Å². The third-order valence-electron chi connectivity index (χ3n) is 4.20. The van der Waals surface area contributed by atoms with Crippen LogP contribution < -0.4 is 0 Å². The van der Waals surface area contributed by atoms with Crippen LogP contribution >= 0.6 is 0 Å². The fraction of sp³-hybridized carbons (Fsp3) is 0.692. The standard InChI is InChI=1S/C13H19N3O2/c1-9-11(15-8-14-9)12(17)16-5-6-18-7-13(16,2)10-3-4-10/h8,10H,3-7H2,1-2H3,(H,14,15). The van der Waals surface area contributed by atoms with Crippen LogP contribution in [0.25, 0.3) is 0 Å². The molecule has 1 unspecified atom stereocenters. The second-order valence-electron chi connectivity index (χ2n) is 5.52. The van der Waals surface area contributed by atoms with Crippen LogP contribution in [0.3, 0.4) is 0 Å². The zero-order valence-electron chi connectivity index (χ0n) is 10.9. The maximum Gasteiger partial charge on any atom is 0.274 e. The van der Waals surface area contributed by atoms with Crippen molar-refractivity contribution in [3.8, 4) is 0 Å². The summed E-state index contributed by atoms with van der Waals surface area (Å²) in [6.07, 6.45) is 3.98. The summed E-state index contributed by atoms with van der Waals surface area (Å²) in [4.78, 5) is 21.7. The number of hydrogen-bond donors (Lipinski definition) is 1. The number of carbonyl (C=O) groups excluding carboxylic acids is 1. The number of amides is 1. The highest BCUT2D eigenvalue weighted by Crippen LogP contribution is 2.44. The van der Waals surface area contributed by atoms with Crippen LogP contribution in [0.15, 0.2) is 6.33 Å². The van der Waals surface area contributed by atoms with Crippen molar-refractivity contribution in [3.05, 3.63) is 17.7 Å². The Hall–Kier alpha value is -1.36. The maximum atomic E-state index is 12.6. The van der Waals surface area contributed by atoms with Gasteiger partial charge in [0.25, 0.3) is 5.91 Å². The number of hydrogen-bond acceptors (Lipinski definition) is 3. The van der Waals surface area contributed by atoms with E-state index in [1.165, 1.54) is 12.8 Å². The van der Waals surface area contributed by atoms with Crippen LogP contribution in [0, 0.1) is 12.8 Å². The van der Waals surface area contributed by atoms with Gasteiger partial charge in [-0.05, 0) is 32.6 Å². The number of imidazole rings is 1. The summed E-state index contributed by atoms with van der Waals surface area (Å²) in [7, 11) is 0. The first-order valence-electron chi connectivity index (χ1n) is 6.52. The normalized spacial score (nSPS) is 28.4. The minimum Gasteiger partial charge on any atom is -0.377 e. The Morgan fingerprint density at radius 1 is 1.61 bits per heavy atom. The van der Waals surface area contributed by atoms with Gasteiger partial charge in [-0.1, -0.05) is 0 Å². The largest absolute Gasteiger partial charge is 0.377 e. The topological polar surface area (TPSA) is 58.2 Å². The second kappa shape index (κ2) is 4.09. The lowest BCUT2D eigenvalue weighted by Crippen LogP contribution is -2.58. The number of H-pyrrole nitrogens is 1. The average Bonchev–Trinajstić information content (AvgIpc) is 3.13. The zero-order chi connectivity index (χ0) is 12.8. The molecule has 1 N–H and O–H groups in total. The van der Waals surface area contributed by atoms with E-state index < -0.39 is 0 Å². The van der Waals surface area contributed by atoms with Crippen molar-refractivity contribution >= 4 is 5.91 Å². The molecule has 5 heteroatoms. The Balaban J connectivity index is 1.89. The number of nitrogens with one attached hydrogen (secondary N) is 1. The number of aromatic amines is 1. The predicted octanol–water partition coefficient (Wildman–Crippen LogP) is 1.36. The first kappa shape index (κ1) is 11.7. The van der Waals surface area contributed by atoms with Gasteiger partial charge in [-0.15, -0.1) is 0 Å². The van der Waals surface area contributed by atoms with Gasteiger partial charge < -0.3 is 14.6 Å². The van der Waals surface area contributed by atoms with E-state index in [0.717, 1.165) is 5.69 Å². The highest BCUT2D eigenvalue weighted by molar-refractivity contribution is 5.94. The van der Waals surface area contributed by atoms with Crippen molar-refractivity contribution in [2.75, 3.05) is 19.8 Å². The van der Waals surface area contributed by atoms with Crippen molar-refractivity contribution < 1.29 is 9.53 Å². The van der Waals surface area contributed by atoms with Crippen molar-refractivity contribution in [2.45, 2.75) is 32.2 Å². The smallest absolute Gasteiger partial charge is 0.274 e. The highest BCUT2D eigenvalue weighted by atomic mass is 16.5. The maximum absolute atomic E-state index is 12.6. The first-order valence-corrected chi connectivity index (χ1v) is 6.52. The lowest BCUT2D eigenvalue weighted by Gasteiger charge is -2.44. The molecule has 1 aromatic heterocycles. The van der Waals surface area contributed by atoms with Crippen LogP contribution in [0.2, 0.25) is 0 Å². The molecule has 1 aliphatic heterocycles. The van der Waals surface area contributed by atoms with E-state index >= 15 is 0 Å². The van der Waals surface area contributed by atoms with E-state index in [9.17, 15) is 4.79 Å². The molecule has 18 heavy (non-hydrogen) atoms. The third kappa shape index (κ3) is 1.73. The summed E-state index contributed by atoms with van der Waals surface area (Å²) in [5.74, 6) is 0.618. The van der Waals surface area contributed by atoms with E-state index in [1.54, 1.807) is 6.33 Å². The van der Waals surface area contributed by atoms with Gasteiger partial charge in [0.1, 0.15) is 5.69 Å². The van der Waals surface area contributed by atoms with Crippen molar-refractivity contribution in [1.29, 1.82) is 0 Å². The summed E-state index contributed by atoms with van der Waals surface area (Å²) in [6.45, 7) is 5.96. The molecule has 1 saturated carbocycles. The molecule has 1 amide bonds. The number of morpholine rings is 1. The Bertz CT molecular complexity index is 467. The van der Waals surface area contributed by atoms with Gasteiger partial charge in [0, 0.05) is 12.2 Å². The molecular formula is C13H19N3O2. The molecule has 3 rings (SSSR count). The molecule has 1 aliphatic carbocycles. The summed E-state index contributed by atoms with van der Waals surface area (Å²) in [5.41, 5.74) is 1.23. The molecule has 0 bridgehead atoms. The number of carbonyl (C=O) groups is 1. The molecule has 0 aromatic carbocycles. The second-order valence-corrected chi connectivity index (χ2v) is 5.52. The zero-order valence-corrected chi connectivity index (χ0v) is 10.9. The van der Waals surface area contributed by atoms with Gasteiger partial charge in [0.15, 0.2) is 0 Å². The molecule has 1 aromatic rings. The fourth-order valence-electron chi connectivity index (χ4n) is 2.85. The Labute approximate surface area is 107 Å². The summed E-state index contributed by atoms with van der Waals surface area (Å²) >= 11 is 0. The lowest BCUT2D eigenvalue weighted by atomic mass is 9.92. The van der Waals surface area contributed by atoms with Gasteiger partial charge in [-0.3, -0.25) is 4.79 Å². The van der Waals surface area contributed by atoms with E-state index in [1.807, 2.05) is 11.8 Å². The van der Waals surface area contributed by atoms with Gasteiger partial charge >= 0.3 is 0 Å². The quantitative estimate of drug-likeness (QED) is 0.861. The number of aryl methyl sites for hydroxylation is 1. The SMILES string of the molecule is Cc1[nH]cnc1C(=O)N1CCOCC1(C)C1CC1. The van der Waals surface area contributed by atoms with Gasteiger partial charge in [-0.2, -0.15) is 0 Å². The Morgan fingerprint density at radius 3 is 3.00 bits per heavy atom. The molecule has 98 valence electrons. The fourth-order valence-corrected chi connectivity index (χ4v) is 2.85. The molecule has 2 aliphatic rings. The minimum absolute atomic E-state index is 0.0338. The molecule has 2 fully saturated rings. The minimum atomic E-state index is -0.152. The lowest BCUT2D eigenvalue weighted by molar-refractivity contribution is -0.0549. The number of aromatic nitrogens is 2. The average molecular weight is 249 g/mol. The van der Waals surface area contributed by atoms with E-state index in [4.69, 9.17) is 4.74 Å². The van der Waals surface area contributed by atoms with Gasteiger partial charge in [-0.25, -0.2) is 4.98 Å². The Morgan fingerprint density at radius 2 is 2.39 bits per heavy atom. The third-order valence-corrected chi connectivity index (χ3v) is 4.20. The molecule has 1 atom stereocenters. The van der Waals surface area contributed by atoms with Crippen molar-refractivity contribution in [1.82, 2.24) is 14.9 Å². The monoisotopic (exact) mass is 249 g/mol. The van der Waals surface area contributed by atoms with E-state index in [0.29, 0.717) is 31.4 Å². The summed E-state index contributed by atoms with van der Waals surface area (Å²) in [6, 6.07) is 0. The highest BCUT2D eigenvalue weighted by Gasteiger charge is 2.49. The van der Waals surface area contributed by atoms with Crippen LogP contribution in [0.4, 0.5) is 0 Å². The molecule has 1 saturated heterocycles. The van der Waals surface area contributed by atoms with Gasteiger partial charge in [0.2, 0.25) is 0 Å². The molecular weight excluding hydrogens is 230 g/mol. The number of ether oxygens (including phenoxy) is 1. The van der Waals surface area contributed by atoms with Crippen LogP contribution in [-0.4, -0.2) is 46.1 Å². The van der Waals surface area contributed by atoms with Crippen molar-refractivity contribution in [2.24, 2.45) is 5.92 Å². The van der Waals surface area contributed by atoms with Crippen LogP contribution in [0.1, 0.15) is 35.9 Å². The summed E-state index contributed by atoms with van der Waals surface area (Å²) in [5, 5.41) is 0. The Kier molecular flexibility index (Phi) is 2.66. The first-order chi connectivity index (χ1) is 8.63. The van der Waals surface area contributed by atoms with Crippen molar-refractivity contribution in [3.63, 3.8) is 0 Å². The predicted molar refractivity (Wildman–Crippen MR) is 66.3 cm³/mol. The van der Waals surface area contributed by atoms with Crippen LogP contribution in [0.5, 0.6) is 0 Å². The number of rotatable bonds is 2. The molecule has 2 heterocycles. The number of nitrogens with zero attached hydrogens (tertiary/aromatic N) is 2.